The Hall–Kier alpha value is -2.12. The van der Waals surface area contributed by atoms with E-state index >= 15 is 0 Å². The molecular formula is C19H20N4OS2. The van der Waals surface area contributed by atoms with E-state index in [0.717, 1.165) is 41.1 Å². The van der Waals surface area contributed by atoms with Gasteiger partial charge in [-0.05, 0) is 43.3 Å². The van der Waals surface area contributed by atoms with Crippen molar-refractivity contribution in [2.75, 3.05) is 11.4 Å². The van der Waals surface area contributed by atoms with Gasteiger partial charge in [-0.25, -0.2) is 0 Å². The number of anilines is 1. The number of rotatable bonds is 5. The average Bonchev–Trinajstić information content (AvgIpc) is 3.39. The van der Waals surface area contributed by atoms with Crippen LogP contribution in [0.25, 0.3) is 10.7 Å². The molecule has 3 aromatic rings. The Labute approximate surface area is 161 Å². The summed E-state index contributed by atoms with van der Waals surface area (Å²) in [6.45, 7) is 5.56. The van der Waals surface area contributed by atoms with Gasteiger partial charge in [0.05, 0.1) is 10.1 Å². The molecule has 0 aliphatic carbocycles. The summed E-state index contributed by atoms with van der Waals surface area (Å²) in [4.78, 5) is 16.0. The number of aromatic nitrogens is 3. The fraction of sp³-hybridized carbons (Fsp3) is 0.316. The van der Waals surface area contributed by atoms with Crippen molar-refractivity contribution in [3.05, 3.63) is 47.3 Å². The Morgan fingerprint density at radius 2 is 2.12 bits per heavy atom. The molecular weight excluding hydrogens is 364 g/mol. The van der Waals surface area contributed by atoms with E-state index in [1.54, 1.807) is 11.3 Å². The minimum Gasteiger partial charge on any atom is -0.311 e. The maximum Gasteiger partial charge on any atom is 0.240 e. The van der Waals surface area contributed by atoms with Gasteiger partial charge in [-0.15, -0.1) is 21.5 Å². The molecule has 0 radical (unpaired) electrons. The van der Waals surface area contributed by atoms with Crippen molar-refractivity contribution in [3.8, 4) is 10.7 Å². The summed E-state index contributed by atoms with van der Waals surface area (Å²) in [6, 6.07) is 12.2. The monoisotopic (exact) mass is 384 g/mol. The Morgan fingerprint density at radius 3 is 2.88 bits per heavy atom. The van der Waals surface area contributed by atoms with Gasteiger partial charge in [0.25, 0.3) is 0 Å². The van der Waals surface area contributed by atoms with E-state index in [0.29, 0.717) is 0 Å². The second kappa shape index (κ2) is 7.25. The third kappa shape index (κ3) is 3.05. The lowest BCUT2D eigenvalue weighted by Crippen LogP contribution is -2.35. The summed E-state index contributed by atoms with van der Waals surface area (Å²) in [5.74, 6) is 0.999. The molecule has 0 saturated heterocycles. The van der Waals surface area contributed by atoms with Crippen molar-refractivity contribution in [2.45, 2.75) is 37.2 Å². The van der Waals surface area contributed by atoms with Gasteiger partial charge in [0.1, 0.15) is 0 Å². The molecule has 1 amide bonds. The molecule has 5 nitrogen and oxygen atoms in total. The Morgan fingerprint density at radius 1 is 1.27 bits per heavy atom. The van der Waals surface area contributed by atoms with Crippen molar-refractivity contribution in [1.82, 2.24) is 14.8 Å². The van der Waals surface area contributed by atoms with Crippen LogP contribution in [0, 0.1) is 0 Å². The van der Waals surface area contributed by atoms with Crippen molar-refractivity contribution >= 4 is 34.7 Å². The van der Waals surface area contributed by atoms with Crippen LogP contribution in [0.2, 0.25) is 0 Å². The summed E-state index contributed by atoms with van der Waals surface area (Å²) in [6.07, 6.45) is 0.924. The zero-order valence-electron chi connectivity index (χ0n) is 14.8. The van der Waals surface area contributed by atoms with Crippen LogP contribution in [-0.4, -0.2) is 32.5 Å². The zero-order valence-corrected chi connectivity index (χ0v) is 16.4. The highest BCUT2D eigenvalue weighted by molar-refractivity contribution is 8.00. The number of thioether (sulfide) groups is 1. The van der Waals surface area contributed by atoms with E-state index in [1.807, 2.05) is 47.5 Å². The van der Waals surface area contributed by atoms with E-state index < -0.39 is 0 Å². The molecule has 26 heavy (non-hydrogen) atoms. The number of nitrogens with zero attached hydrogens (tertiary/aromatic N) is 4. The fourth-order valence-corrected chi connectivity index (χ4v) is 4.94. The van der Waals surface area contributed by atoms with Crippen molar-refractivity contribution in [2.24, 2.45) is 0 Å². The summed E-state index contributed by atoms with van der Waals surface area (Å²) in [5, 5.41) is 11.3. The Bertz CT molecular complexity index is 920. The maximum atomic E-state index is 13.0. The Balaban J connectivity index is 1.54. The molecule has 1 atom stereocenters. The van der Waals surface area contributed by atoms with Crippen LogP contribution in [0.15, 0.2) is 46.9 Å². The molecule has 134 valence electrons. The SMILES string of the molecule is CCn1c(S[C@@H](C)C(=O)N2CCc3ccccc32)nnc1-c1cccs1. The first-order valence-electron chi connectivity index (χ1n) is 8.72. The van der Waals surface area contributed by atoms with E-state index in [-0.39, 0.29) is 11.2 Å². The van der Waals surface area contributed by atoms with Crippen molar-refractivity contribution in [1.29, 1.82) is 0 Å². The van der Waals surface area contributed by atoms with E-state index in [9.17, 15) is 4.79 Å². The highest BCUT2D eigenvalue weighted by Gasteiger charge is 2.29. The largest absolute Gasteiger partial charge is 0.311 e. The second-order valence-corrected chi connectivity index (χ2v) is 8.41. The normalized spacial score (nSPS) is 14.5. The predicted molar refractivity (Wildman–Crippen MR) is 107 cm³/mol. The van der Waals surface area contributed by atoms with Crippen LogP contribution < -0.4 is 4.90 Å². The minimum absolute atomic E-state index is 0.128. The number of fused-ring (bicyclic) bond motifs is 1. The number of para-hydroxylation sites is 1. The third-order valence-corrected chi connectivity index (χ3v) is 6.49. The van der Waals surface area contributed by atoms with E-state index in [4.69, 9.17) is 0 Å². The van der Waals surface area contributed by atoms with Crippen LogP contribution in [0.5, 0.6) is 0 Å². The lowest BCUT2D eigenvalue weighted by molar-refractivity contribution is -0.117. The lowest BCUT2D eigenvalue weighted by atomic mass is 10.2. The van der Waals surface area contributed by atoms with Crippen LogP contribution in [0.3, 0.4) is 0 Å². The molecule has 2 aromatic heterocycles. The summed E-state index contributed by atoms with van der Waals surface area (Å²) in [7, 11) is 0. The molecule has 1 aliphatic heterocycles. The topological polar surface area (TPSA) is 51.0 Å². The number of carbonyl (C=O) groups is 1. The number of thiophene rings is 1. The van der Waals surface area contributed by atoms with Crippen molar-refractivity contribution < 1.29 is 4.79 Å². The molecule has 0 unspecified atom stereocenters. The van der Waals surface area contributed by atoms with Crippen molar-refractivity contribution in [3.63, 3.8) is 0 Å². The molecule has 0 saturated carbocycles. The summed E-state index contributed by atoms with van der Waals surface area (Å²) >= 11 is 3.13. The van der Waals surface area contributed by atoms with Gasteiger partial charge < -0.3 is 9.47 Å². The fourth-order valence-electron chi connectivity index (χ4n) is 3.24. The van der Waals surface area contributed by atoms with E-state index in [1.165, 1.54) is 17.3 Å². The predicted octanol–water partition coefficient (Wildman–Crippen LogP) is 4.10. The number of benzene rings is 1. The van der Waals surface area contributed by atoms with Crippen LogP contribution in [0.1, 0.15) is 19.4 Å². The van der Waals surface area contributed by atoms with Crippen LogP contribution in [-0.2, 0) is 17.8 Å². The molecule has 4 rings (SSSR count). The molecule has 0 bridgehead atoms. The number of hydrogen-bond donors (Lipinski definition) is 0. The zero-order chi connectivity index (χ0) is 18.1. The smallest absolute Gasteiger partial charge is 0.240 e. The lowest BCUT2D eigenvalue weighted by Gasteiger charge is -2.21. The summed E-state index contributed by atoms with van der Waals surface area (Å²) in [5.41, 5.74) is 2.29. The van der Waals surface area contributed by atoms with E-state index in [2.05, 4.69) is 27.8 Å². The van der Waals surface area contributed by atoms with Gasteiger partial charge in [0, 0.05) is 18.8 Å². The molecule has 7 heteroatoms. The molecule has 1 aromatic carbocycles. The van der Waals surface area contributed by atoms with Gasteiger partial charge in [-0.1, -0.05) is 36.0 Å². The first-order valence-corrected chi connectivity index (χ1v) is 10.5. The molecule has 0 fully saturated rings. The van der Waals surface area contributed by atoms with Gasteiger partial charge >= 0.3 is 0 Å². The highest BCUT2D eigenvalue weighted by atomic mass is 32.2. The quantitative estimate of drug-likeness (QED) is 0.622. The third-order valence-electron chi connectivity index (χ3n) is 4.56. The van der Waals surface area contributed by atoms with Crippen LogP contribution >= 0.6 is 23.1 Å². The first kappa shape index (κ1) is 17.3. The van der Waals surface area contributed by atoms with Crippen LogP contribution in [0.4, 0.5) is 5.69 Å². The second-order valence-electron chi connectivity index (χ2n) is 6.16. The standard InChI is InChI=1S/C19H20N4OS2/c1-3-22-17(16-9-6-12-25-16)20-21-19(22)26-13(2)18(24)23-11-10-14-7-4-5-8-15(14)23/h4-9,12-13H,3,10-11H2,1-2H3/t13-/m0/s1. The molecule has 1 aliphatic rings. The van der Waals surface area contributed by atoms with Gasteiger partial charge in [0.15, 0.2) is 11.0 Å². The molecule has 0 spiro atoms. The number of amides is 1. The summed E-state index contributed by atoms with van der Waals surface area (Å²) < 4.78 is 2.08. The average molecular weight is 385 g/mol. The minimum atomic E-state index is -0.216. The number of hydrogen-bond acceptors (Lipinski definition) is 5. The van der Waals surface area contributed by atoms with Gasteiger partial charge in [0.2, 0.25) is 5.91 Å². The van der Waals surface area contributed by atoms with Gasteiger partial charge in [-0.3, -0.25) is 4.79 Å². The molecule has 0 N–H and O–H groups in total. The van der Waals surface area contributed by atoms with Gasteiger partial charge in [-0.2, -0.15) is 0 Å². The number of carbonyl (C=O) groups excluding carboxylic acids is 1. The highest BCUT2D eigenvalue weighted by Crippen LogP contribution is 2.33. The maximum absolute atomic E-state index is 13.0. The molecule has 3 heterocycles. The Kier molecular flexibility index (Phi) is 4.82. The first-order chi connectivity index (χ1) is 12.7.